The van der Waals surface area contributed by atoms with E-state index in [-0.39, 0.29) is 18.6 Å². The van der Waals surface area contributed by atoms with Crippen molar-refractivity contribution in [2.45, 2.75) is 18.9 Å². The normalized spacial score (nSPS) is 12.8. The maximum absolute atomic E-state index is 10.4. The monoisotopic (exact) mass is 236 g/mol. The van der Waals surface area contributed by atoms with Crippen molar-refractivity contribution in [2.75, 3.05) is 0 Å². The Kier molecular flexibility index (Phi) is 3.01. The van der Waals surface area contributed by atoms with Crippen LogP contribution in [-0.2, 0) is 11.2 Å². The predicted molar refractivity (Wildman–Crippen MR) is 59.8 cm³/mol. The minimum absolute atomic E-state index is 0.00269. The van der Waals surface area contributed by atoms with Gasteiger partial charge in [0.25, 0.3) is 0 Å². The number of furan rings is 1. The second kappa shape index (κ2) is 4.47. The van der Waals surface area contributed by atoms with Crippen LogP contribution in [0.15, 0.2) is 28.7 Å². The first-order chi connectivity index (χ1) is 8.09. The van der Waals surface area contributed by atoms with Crippen molar-refractivity contribution >= 4 is 16.9 Å². The van der Waals surface area contributed by atoms with Crippen LogP contribution in [0.2, 0.25) is 0 Å². The van der Waals surface area contributed by atoms with Gasteiger partial charge in [-0.3, -0.25) is 0 Å². The van der Waals surface area contributed by atoms with Gasteiger partial charge in [-0.05, 0) is 18.6 Å². The minimum Gasteiger partial charge on any atom is -0.504 e. The Bertz CT molecular complexity index is 543. The van der Waals surface area contributed by atoms with Crippen LogP contribution in [0.4, 0.5) is 0 Å². The van der Waals surface area contributed by atoms with Crippen LogP contribution in [0.25, 0.3) is 11.0 Å². The smallest absolute Gasteiger partial charge is 0.332 e. The molecule has 90 valence electrons. The van der Waals surface area contributed by atoms with E-state index >= 15 is 0 Å². The number of aliphatic hydroxyl groups is 1. The molecule has 17 heavy (non-hydrogen) atoms. The van der Waals surface area contributed by atoms with Gasteiger partial charge in [-0.2, -0.15) is 0 Å². The molecule has 0 aliphatic heterocycles. The van der Waals surface area contributed by atoms with Gasteiger partial charge in [-0.15, -0.1) is 0 Å². The van der Waals surface area contributed by atoms with Crippen LogP contribution in [-0.4, -0.2) is 27.4 Å². The highest BCUT2D eigenvalue weighted by atomic mass is 16.4. The second-order valence-corrected chi connectivity index (χ2v) is 3.76. The molecule has 0 radical (unpaired) electrons. The number of aliphatic hydroxyl groups excluding tert-OH is 1. The van der Waals surface area contributed by atoms with E-state index in [9.17, 15) is 9.90 Å². The van der Waals surface area contributed by atoms with Crippen LogP contribution in [0, 0.1) is 0 Å². The van der Waals surface area contributed by atoms with Crippen molar-refractivity contribution in [1.29, 1.82) is 0 Å². The fraction of sp³-hybridized carbons (Fsp3) is 0.250. The molecule has 0 spiro atoms. The molecular formula is C12H12O5. The van der Waals surface area contributed by atoms with Crippen molar-refractivity contribution in [3.05, 3.63) is 30.0 Å². The number of rotatable bonds is 4. The number of carboxylic acid groups (broad SMARTS) is 1. The minimum atomic E-state index is -1.44. The van der Waals surface area contributed by atoms with E-state index in [0.717, 1.165) is 0 Å². The highest BCUT2D eigenvalue weighted by Gasteiger charge is 2.17. The van der Waals surface area contributed by atoms with Gasteiger partial charge in [-0.1, -0.05) is 12.1 Å². The van der Waals surface area contributed by atoms with Crippen molar-refractivity contribution in [1.82, 2.24) is 0 Å². The zero-order chi connectivity index (χ0) is 12.4. The Labute approximate surface area is 96.9 Å². The van der Waals surface area contributed by atoms with Crippen LogP contribution in [0.3, 0.4) is 0 Å². The van der Waals surface area contributed by atoms with Gasteiger partial charge in [0.2, 0.25) is 0 Å². The summed E-state index contributed by atoms with van der Waals surface area (Å²) in [5, 5.41) is 28.1. The van der Waals surface area contributed by atoms with Crippen LogP contribution >= 0.6 is 0 Å². The highest BCUT2D eigenvalue weighted by molar-refractivity contribution is 5.85. The van der Waals surface area contributed by atoms with Crippen molar-refractivity contribution in [2.24, 2.45) is 0 Å². The lowest BCUT2D eigenvalue weighted by molar-refractivity contribution is -0.146. The summed E-state index contributed by atoms with van der Waals surface area (Å²) in [6.45, 7) is 0. The Morgan fingerprint density at radius 2 is 2.06 bits per heavy atom. The molecule has 0 amide bonds. The van der Waals surface area contributed by atoms with E-state index in [2.05, 4.69) is 0 Å². The van der Waals surface area contributed by atoms with Gasteiger partial charge in [0.15, 0.2) is 11.9 Å². The number of hydrogen-bond acceptors (Lipinski definition) is 4. The number of para-hydroxylation sites is 1. The van der Waals surface area contributed by atoms with Crippen LogP contribution < -0.4 is 0 Å². The molecule has 1 aromatic heterocycles. The van der Waals surface area contributed by atoms with Crippen LogP contribution in [0.5, 0.6) is 5.75 Å². The molecule has 0 aliphatic rings. The molecular weight excluding hydrogens is 224 g/mol. The first-order valence-electron chi connectivity index (χ1n) is 5.20. The molecule has 1 heterocycles. The molecule has 1 atom stereocenters. The van der Waals surface area contributed by atoms with Crippen LogP contribution in [0.1, 0.15) is 12.2 Å². The molecule has 0 bridgehead atoms. The van der Waals surface area contributed by atoms with E-state index in [1.165, 1.54) is 0 Å². The number of benzene rings is 1. The molecule has 1 aromatic carbocycles. The number of aryl methyl sites for hydroxylation is 1. The number of aromatic hydroxyl groups is 1. The lowest BCUT2D eigenvalue weighted by atomic mass is 10.1. The van der Waals surface area contributed by atoms with E-state index in [0.29, 0.717) is 16.7 Å². The maximum Gasteiger partial charge on any atom is 0.332 e. The molecule has 3 N–H and O–H groups in total. The Balaban J connectivity index is 2.19. The third-order valence-electron chi connectivity index (χ3n) is 2.57. The van der Waals surface area contributed by atoms with E-state index < -0.39 is 12.1 Å². The first kappa shape index (κ1) is 11.5. The van der Waals surface area contributed by atoms with Gasteiger partial charge in [-0.25, -0.2) is 4.79 Å². The van der Waals surface area contributed by atoms with E-state index in [1.54, 1.807) is 24.3 Å². The predicted octanol–water partition coefficient (Wildman–Crippen LogP) is 1.52. The fourth-order valence-electron chi connectivity index (χ4n) is 1.64. The number of carbonyl (C=O) groups is 1. The third-order valence-corrected chi connectivity index (χ3v) is 2.57. The maximum atomic E-state index is 10.4. The molecule has 5 nitrogen and oxygen atoms in total. The summed E-state index contributed by atoms with van der Waals surface area (Å²) in [5.41, 5.74) is 0.546. The van der Waals surface area contributed by atoms with E-state index in [4.69, 9.17) is 14.6 Å². The molecule has 2 rings (SSSR count). The summed E-state index contributed by atoms with van der Waals surface area (Å²) < 4.78 is 5.37. The van der Waals surface area contributed by atoms with Gasteiger partial charge >= 0.3 is 5.97 Å². The summed E-state index contributed by atoms with van der Waals surface area (Å²) in [6, 6.07) is 6.98. The standard InChI is InChI=1S/C12H12O5/c13-8(12(15)16)5-6-10-11(14)7-3-1-2-4-9(7)17-10/h1-4,8,13-14H,5-6H2,(H,15,16). The number of aliphatic carboxylic acids is 1. The highest BCUT2D eigenvalue weighted by Crippen LogP contribution is 2.32. The first-order valence-corrected chi connectivity index (χ1v) is 5.20. The summed E-state index contributed by atoms with van der Waals surface area (Å²) in [4.78, 5) is 10.4. The van der Waals surface area contributed by atoms with Crippen molar-refractivity contribution in [3.63, 3.8) is 0 Å². The van der Waals surface area contributed by atoms with Crippen molar-refractivity contribution in [3.8, 4) is 5.75 Å². The average Bonchev–Trinajstić information content (AvgIpc) is 2.64. The SMILES string of the molecule is O=C(O)C(O)CCc1oc2ccccc2c1O. The van der Waals surface area contributed by atoms with Gasteiger partial charge in [0.05, 0.1) is 5.39 Å². The number of fused-ring (bicyclic) bond motifs is 1. The van der Waals surface area contributed by atoms with Gasteiger partial charge in [0, 0.05) is 6.42 Å². The Morgan fingerprint density at radius 1 is 1.35 bits per heavy atom. The molecule has 2 aromatic rings. The molecule has 5 heteroatoms. The Hall–Kier alpha value is -2.01. The summed E-state index contributed by atoms with van der Waals surface area (Å²) in [7, 11) is 0. The molecule has 0 saturated heterocycles. The Morgan fingerprint density at radius 3 is 2.71 bits per heavy atom. The van der Waals surface area contributed by atoms with Gasteiger partial charge < -0.3 is 19.7 Å². The number of carboxylic acids is 1. The summed E-state index contributed by atoms with van der Waals surface area (Å²) in [5.74, 6) is -0.967. The third kappa shape index (κ3) is 2.24. The molecule has 1 unspecified atom stereocenters. The topological polar surface area (TPSA) is 90.9 Å². The lowest BCUT2D eigenvalue weighted by Gasteiger charge is -2.02. The zero-order valence-corrected chi connectivity index (χ0v) is 8.96. The number of hydrogen-bond donors (Lipinski definition) is 3. The summed E-state index contributed by atoms with van der Waals surface area (Å²) in [6.07, 6.45) is -1.26. The molecule has 0 saturated carbocycles. The summed E-state index contributed by atoms with van der Waals surface area (Å²) >= 11 is 0. The molecule has 0 aliphatic carbocycles. The average molecular weight is 236 g/mol. The fourth-order valence-corrected chi connectivity index (χ4v) is 1.64. The lowest BCUT2D eigenvalue weighted by Crippen LogP contribution is -2.19. The van der Waals surface area contributed by atoms with Gasteiger partial charge in [0.1, 0.15) is 11.3 Å². The second-order valence-electron chi connectivity index (χ2n) is 3.76. The quantitative estimate of drug-likeness (QED) is 0.748. The largest absolute Gasteiger partial charge is 0.504 e. The zero-order valence-electron chi connectivity index (χ0n) is 8.96. The van der Waals surface area contributed by atoms with E-state index in [1.807, 2.05) is 0 Å². The van der Waals surface area contributed by atoms with Crippen molar-refractivity contribution < 1.29 is 24.5 Å². The molecule has 0 fully saturated rings.